The summed E-state index contributed by atoms with van der Waals surface area (Å²) in [6.45, 7) is 0. The molecule has 9 nitrogen and oxygen atoms in total. The average molecular weight is 261 g/mol. The van der Waals surface area contributed by atoms with Crippen LogP contribution in [0.15, 0.2) is 28.3 Å². The molecule has 2 aromatic rings. The Hall–Kier alpha value is -2.81. The highest BCUT2D eigenvalue weighted by Crippen LogP contribution is 2.31. The van der Waals surface area contributed by atoms with Crippen LogP contribution in [0.1, 0.15) is 22.3 Å². The minimum absolute atomic E-state index is 0.112. The van der Waals surface area contributed by atoms with Crippen LogP contribution in [0.4, 0.5) is 5.69 Å². The highest BCUT2D eigenvalue weighted by molar-refractivity contribution is 6.09. The number of aliphatic hydroxyl groups excluding tert-OH is 1. The molecule has 1 aliphatic rings. The number of hydrogen-bond acceptors (Lipinski definition) is 6. The molecule has 1 aliphatic heterocycles. The third-order valence-electron chi connectivity index (χ3n) is 2.74. The van der Waals surface area contributed by atoms with Crippen molar-refractivity contribution >= 4 is 11.6 Å². The van der Waals surface area contributed by atoms with E-state index in [0.717, 1.165) is 11.1 Å². The molecule has 0 bridgehead atoms. The molecule has 0 spiro atoms. The Labute approximate surface area is 104 Å². The minimum Gasteiger partial charge on any atom is -0.368 e. The van der Waals surface area contributed by atoms with E-state index in [-0.39, 0.29) is 16.9 Å². The molecule has 0 aromatic carbocycles. The molecule has 2 aromatic heterocycles. The van der Waals surface area contributed by atoms with Crippen molar-refractivity contribution in [1.82, 2.24) is 19.9 Å². The first-order chi connectivity index (χ1) is 9.09. The van der Waals surface area contributed by atoms with Gasteiger partial charge in [-0.15, -0.1) is 0 Å². The van der Waals surface area contributed by atoms with Gasteiger partial charge >= 0.3 is 5.69 Å². The molecule has 1 unspecified atom stereocenters. The fourth-order valence-corrected chi connectivity index (χ4v) is 1.90. The molecule has 1 amide bonds. The van der Waals surface area contributed by atoms with Crippen LogP contribution >= 0.6 is 0 Å². The number of anilines is 1. The first-order valence-corrected chi connectivity index (χ1v) is 5.23. The summed E-state index contributed by atoms with van der Waals surface area (Å²) >= 11 is 0. The van der Waals surface area contributed by atoms with Gasteiger partial charge in [-0.3, -0.25) is 19.5 Å². The van der Waals surface area contributed by atoms with Gasteiger partial charge in [0.15, 0.2) is 6.23 Å². The quantitative estimate of drug-likeness (QED) is 0.572. The molecule has 0 saturated heterocycles. The number of rotatable bonds is 1. The van der Waals surface area contributed by atoms with E-state index in [4.69, 9.17) is 0 Å². The number of amides is 1. The van der Waals surface area contributed by atoms with E-state index in [1.54, 1.807) is 0 Å². The maximum absolute atomic E-state index is 12.1. The Bertz CT molecular complexity index is 780. The number of aromatic nitrogens is 4. The van der Waals surface area contributed by atoms with Gasteiger partial charge in [0.1, 0.15) is 17.7 Å². The summed E-state index contributed by atoms with van der Waals surface area (Å²) in [5.41, 5.74) is -1.43. The summed E-state index contributed by atoms with van der Waals surface area (Å²) in [4.78, 5) is 47.2. The monoisotopic (exact) mass is 261 g/mol. The van der Waals surface area contributed by atoms with Crippen LogP contribution < -0.4 is 16.1 Å². The van der Waals surface area contributed by atoms with Gasteiger partial charge < -0.3 is 10.1 Å². The lowest BCUT2D eigenvalue weighted by Crippen LogP contribution is -2.35. The molecule has 0 saturated carbocycles. The second-order valence-corrected chi connectivity index (χ2v) is 3.83. The standard InChI is InChI=1S/C10H7N5O4/c16-7-5(2-12-10(19)14-7)15-8(17)4-1-11-3-13-6(4)9(15)18/h1-3,9,18H,(H2,12,14,16,19). The van der Waals surface area contributed by atoms with E-state index in [1.165, 1.54) is 12.5 Å². The maximum Gasteiger partial charge on any atom is 0.325 e. The van der Waals surface area contributed by atoms with Crippen molar-refractivity contribution in [2.24, 2.45) is 0 Å². The number of carbonyl (C=O) groups is 1. The first kappa shape index (κ1) is 11.3. The molecule has 0 aliphatic carbocycles. The molecule has 9 heteroatoms. The fraction of sp³-hybridized carbons (Fsp3) is 0.100. The van der Waals surface area contributed by atoms with Crippen molar-refractivity contribution < 1.29 is 9.90 Å². The van der Waals surface area contributed by atoms with Crippen molar-refractivity contribution in [3.8, 4) is 0 Å². The van der Waals surface area contributed by atoms with E-state index in [2.05, 4.69) is 15.0 Å². The molecular formula is C10H7N5O4. The lowest BCUT2D eigenvalue weighted by molar-refractivity contribution is 0.0932. The number of fused-ring (bicyclic) bond motifs is 1. The third-order valence-corrected chi connectivity index (χ3v) is 2.74. The number of nitrogens with one attached hydrogen (secondary N) is 2. The van der Waals surface area contributed by atoms with Crippen LogP contribution in [-0.4, -0.2) is 30.9 Å². The smallest absolute Gasteiger partial charge is 0.325 e. The molecular weight excluding hydrogens is 254 g/mol. The lowest BCUT2D eigenvalue weighted by atomic mass is 10.3. The summed E-state index contributed by atoms with van der Waals surface area (Å²) in [5.74, 6) is -0.611. The zero-order chi connectivity index (χ0) is 13.6. The largest absolute Gasteiger partial charge is 0.368 e. The number of H-pyrrole nitrogens is 2. The number of carbonyl (C=O) groups excluding carboxylic acids is 1. The zero-order valence-corrected chi connectivity index (χ0v) is 9.32. The molecule has 3 N–H and O–H groups in total. The lowest BCUT2D eigenvalue weighted by Gasteiger charge is -2.18. The van der Waals surface area contributed by atoms with Crippen molar-refractivity contribution in [3.63, 3.8) is 0 Å². The van der Waals surface area contributed by atoms with Crippen LogP contribution in [0.25, 0.3) is 0 Å². The highest BCUT2D eigenvalue weighted by Gasteiger charge is 2.39. The minimum atomic E-state index is -1.39. The zero-order valence-electron chi connectivity index (χ0n) is 9.32. The van der Waals surface area contributed by atoms with Gasteiger partial charge in [0.25, 0.3) is 11.5 Å². The van der Waals surface area contributed by atoms with E-state index < -0.39 is 23.4 Å². The fourth-order valence-electron chi connectivity index (χ4n) is 1.90. The van der Waals surface area contributed by atoms with Crippen molar-refractivity contribution in [3.05, 3.63) is 50.8 Å². The molecule has 0 radical (unpaired) electrons. The molecule has 0 fully saturated rings. The van der Waals surface area contributed by atoms with Crippen LogP contribution in [0.2, 0.25) is 0 Å². The Balaban J connectivity index is 2.16. The van der Waals surface area contributed by atoms with E-state index in [0.29, 0.717) is 0 Å². The Morgan fingerprint density at radius 2 is 2.11 bits per heavy atom. The van der Waals surface area contributed by atoms with E-state index >= 15 is 0 Å². The second kappa shape index (κ2) is 3.85. The SMILES string of the molecule is O=C1c2cncnc2C(O)N1c1c[nH]c(=O)[nH]c1=O. The van der Waals surface area contributed by atoms with Crippen LogP contribution in [-0.2, 0) is 0 Å². The van der Waals surface area contributed by atoms with Crippen molar-refractivity contribution in [2.75, 3.05) is 4.90 Å². The van der Waals surface area contributed by atoms with Gasteiger partial charge in [0.05, 0.1) is 5.56 Å². The molecule has 3 rings (SSSR count). The normalized spacial score (nSPS) is 17.6. The van der Waals surface area contributed by atoms with Crippen LogP contribution in [0.3, 0.4) is 0 Å². The summed E-state index contributed by atoms with van der Waals surface area (Å²) < 4.78 is 0. The Kier molecular flexibility index (Phi) is 2.29. The summed E-state index contributed by atoms with van der Waals surface area (Å²) in [6, 6.07) is 0. The summed E-state index contributed by atoms with van der Waals surface area (Å²) in [7, 11) is 0. The molecule has 96 valence electrons. The summed E-state index contributed by atoms with van der Waals surface area (Å²) in [5, 5.41) is 10.0. The van der Waals surface area contributed by atoms with Crippen LogP contribution in [0, 0.1) is 0 Å². The van der Waals surface area contributed by atoms with Crippen LogP contribution in [0.5, 0.6) is 0 Å². The first-order valence-electron chi connectivity index (χ1n) is 5.23. The van der Waals surface area contributed by atoms with Gasteiger partial charge in [0, 0.05) is 12.4 Å². The maximum atomic E-state index is 12.1. The van der Waals surface area contributed by atoms with Crippen molar-refractivity contribution in [1.29, 1.82) is 0 Å². The Morgan fingerprint density at radius 1 is 1.32 bits per heavy atom. The molecule has 19 heavy (non-hydrogen) atoms. The average Bonchev–Trinajstić information content (AvgIpc) is 2.64. The van der Waals surface area contributed by atoms with Gasteiger partial charge in [-0.2, -0.15) is 0 Å². The number of hydrogen-bond donors (Lipinski definition) is 3. The molecule has 3 heterocycles. The predicted molar refractivity (Wildman–Crippen MR) is 61.5 cm³/mol. The van der Waals surface area contributed by atoms with Gasteiger partial charge in [-0.05, 0) is 0 Å². The second-order valence-electron chi connectivity index (χ2n) is 3.83. The summed E-state index contributed by atoms with van der Waals surface area (Å²) in [6.07, 6.45) is 2.11. The van der Waals surface area contributed by atoms with E-state index in [1.807, 2.05) is 4.98 Å². The topological polar surface area (TPSA) is 132 Å². The third kappa shape index (κ3) is 1.56. The Morgan fingerprint density at radius 3 is 2.79 bits per heavy atom. The number of aromatic amines is 2. The van der Waals surface area contributed by atoms with Gasteiger partial charge in [0.2, 0.25) is 0 Å². The number of nitrogens with zero attached hydrogens (tertiary/aromatic N) is 3. The number of aliphatic hydroxyl groups is 1. The molecule has 1 atom stereocenters. The van der Waals surface area contributed by atoms with Gasteiger partial charge in [-0.1, -0.05) is 0 Å². The predicted octanol–water partition coefficient (Wildman–Crippen LogP) is -1.50. The van der Waals surface area contributed by atoms with Crippen molar-refractivity contribution in [2.45, 2.75) is 6.23 Å². The highest BCUT2D eigenvalue weighted by atomic mass is 16.3. The van der Waals surface area contributed by atoms with Gasteiger partial charge in [-0.25, -0.2) is 14.8 Å². The van der Waals surface area contributed by atoms with E-state index in [9.17, 15) is 19.5 Å².